The Balaban J connectivity index is 2.32. The summed E-state index contributed by atoms with van der Waals surface area (Å²) in [4.78, 5) is -0.175. The van der Waals surface area contributed by atoms with Crippen molar-refractivity contribution in [3.8, 4) is 0 Å². The monoisotopic (exact) mass is 294 g/mol. The van der Waals surface area contributed by atoms with Crippen LogP contribution in [0, 0.1) is 0 Å². The largest absolute Gasteiger partial charge is 0.416 e. The summed E-state index contributed by atoms with van der Waals surface area (Å²) in [6.45, 7) is 0. The lowest BCUT2D eigenvalue weighted by molar-refractivity contribution is -0.137. The molecule has 0 radical (unpaired) electrons. The summed E-state index contributed by atoms with van der Waals surface area (Å²) in [6.07, 6.45) is -4.08. The molecule has 0 heterocycles. The summed E-state index contributed by atoms with van der Waals surface area (Å²) in [5.74, 6) is 0. The minimum atomic E-state index is -4.49. The van der Waals surface area contributed by atoms with E-state index in [0.717, 1.165) is 24.3 Å². The van der Waals surface area contributed by atoms with Crippen LogP contribution in [0.4, 0.5) is 13.2 Å². The summed E-state index contributed by atoms with van der Waals surface area (Å²) in [5, 5.41) is 8.70. The highest BCUT2D eigenvalue weighted by atomic mass is 32.2. The van der Waals surface area contributed by atoms with Crippen LogP contribution in [0.25, 0.3) is 0 Å². The SMILES string of the molecule is O=S(=O)(c1ccc(C(F)(F)F)cc1)C1CCCC1O. The zero-order valence-corrected chi connectivity index (χ0v) is 10.7. The average molecular weight is 294 g/mol. The van der Waals surface area contributed by atoms with Crippen molar-refractivity contribution < 1.29 is 26.7 Å². The van der Waals surface area contributed by atoms with E-state index in [1.165, 1.54) is 0 Å². The van der Waals surface area contributed by atoms with Crippen LogP contribution in [-0.4, -0.2) is 24.9 Å². The second kappa shape index (κ2) is 4.79. The minimum Gasteiger partial charge on any atom is -0.392 e. The topological polar surface area (TPSA) is 54.4 Å². The number of aliphatic hydroxyl groups is 1. The lowest BCUT2D eigenvalue weighted by atomic mass is 10.2. The van der Waals surface area contributed by atoms with Crippen molar-refractivity contribution in [2.75, 3.05) is 0 Å². The summed E-state index contributed by atoms with van der Waals surface area (Å²) in [6, 6.07) is 3.38. The molecule has 1 saturated carbocycles. The van der Waals surface area contributed by atoms with E-state index in [2.05, 4.69) is 0 Å². The number of rotatable bonds is 2. The number of hydrogen-bond donors (Lipinski definition) is 1. The molecule has 0 bridgehead atoms. The van der Waals surface area contributed by atoms with Crippen LogP contribution in [0.3, 0.4) is 0 Å². The van der Waals surface area contributed by atoms with E-state index < -0.39 is 32.9 Å². The lowest BCUT2D eigenvalue weighted by Crippen LogP contribution is -2.29. The van der Waals surface area contributed by atoms with Gasteiger partial charge in [0.1, 0.15) is 0 Å². The zero-order chi connectivity index (χ0) is 14.3. The highest BCUT2D eigenvalue weighted by Crippen LogP contribution is 2.33. The van der Waals surface area contributed by atoms with E-state index in [1.54, 1.807) is 0 Å². The molecule has 0 spiro atoms. The molecule has 2 atom stereocenters. The maximum Gasteiger partial charge on any atom is 0.416 e. The number of benzene rings is 1. The van der Waals surface area contributed by atoms with Gasteiger partial charge < -0.3 is 5.11 Å². The second-order valence-electron chi connectivity index (χ2n) is 4.60. The predicted molar refractivity (Wildman–Crippen MR) is 62.3 cm³/mol. The van der Waals surface area contributed by atoms with E-state index in [1.807, 2.05) is 0 Å². The zero-order valence-electron chi connectivity index (χ0n) is 9.89. The summed E-state index contributed by atoms with van der Waals surface area (Å²) < 4.78 is 61.5. The van der Waals surface area contributed by atoms with Gasteiger partial charge in [-0.3, -0.25) is 0 Å². The van der Waals surface area contributed by atoms with E-state index in [-0.39, 0.29) is 4.90 Å². The van der Waals surface area contributed by atoms with Gasteiger partial charge >= 0.3 is 6.18 Å². The van der Waals surface area contributed by atoms with Crippen LogP contribution < -0.4 is 0 Å². The number of aliphatic hydroxyl groups excluding tert-OH is 1. The molecule has 2 unspecified atom stereocenters. The quantitative estimate of drug-likeness (QED) is 0.911. The van der Waals surface area contributed by atoms with Gasteiger partial charge in [-0.1, -0.05) is 0 Å². The van der Waals surface area contributed by atoms with Gasteiger partial charge in [-0.2, -0.15) is 13.2 Å². The van der Waals surface area contributed by atoms with E-state index in [0.29, 0.717) is 19.3 Å². The van der Waals surface area contributed by atoms with Crippen LogP contribution >= 0.6 is 0 Å². The van der Waals surface area contributed by atoms with Crippen molar-refractivity contribution in [3.05, 3.63) is 29.8 Å². The molecule has 2 rings (SSSR count). The fourth-order valence-corrected chi connectivity index (χ4v) is 4.17. The van der Waals surface area contributed by atoms with Crippen LogP contribution in [0.2, 0.25) is 0 Å². The maximum absolute atomic E-state index is 12.4. The molecule has 7 heteroatoms. The first-order valence-corrected chi connectivity index (χ1v) is 7.37. The molecule has 1 fully saturated rings. The van der Waals surface area contributed by atoms with Crippen molar-refractivity contribution in [3.63, 3.8) is 0 Å². The van der Waals surface area contributed by atoms with Crippen molar-refractivity contribution in [1.29, 1.82) is 0 Å². The number of hydrogen-bond acceptors (Lipinski definition) is 3. The standard InChI is InChI=1S/C12H13F3O3S/c13-12(14,15)8-4-6-9(7-5-8)19(17,18)11-3-1-2-10(11)16/h4-7,10-11,16H,1-3H2. The maximum atomic E-state index is 12.4. The van der Waals surface area contributed by atoms with Crippen molar-refractivity contribution in [1.82, 2.24) is 0 Å². The smallest absolute Gasteiger partial charge is 0.392 e. The molecule has 3 nitrogen and oxygen atoms in total. The third-order valence-electron chi connectivity index (χ3n) is 3.33. The Bertz CT molecular complexity index is 549. The fourth-order valence-electron chi connectivity index (χ4n) is 2.28. The molecular formula is C12H13F3O3S. The van der Waals surface area contributed by atoms with Gasteiger partial charge in [0.2, 0.25) is 0 Å². The van der Waals surface area contributed by atoms with Gasteiger partial charge in [-0.25, -0.2) is 8.42 Å². The minimum absolute atomic E-state index is 0.175. The van der Waals surface area contributed by atoms with Gasteiger partial charge in [0, 0.05) is 0 Å². The molecular weight excluding hydrogens is 281 g/mol. The number of alkyl halides is 3. The highest BCUT2D eigenvalue weighted by molar-refractivity contribution is 7.92. The van der Waals surface area contributed by atoms with Crippen LogP contribution in [0.15, 0.2) is 29.2 Å². The Hall–Kier alpha value is -1.08. The lowest BCUT2D eigenvalue weighted by Gasteiger charge is -2.16. The molecule has 1 aliphatic carbocycles. The Kier molecular flexibility index (Phi) is 3.61. The Morgan fingerprint density at radius 1 is 1.11 bits per heavy atom. The van der Waals surface area contributed by atoms with Crippen molar-refractivity contribution in [2.24, 2.45) is 0 Å². The molecule has 1 N–H and O–H groups in total. The summed E-state index contributed by atoms with van der Waals surface area (Å²) in [5.41, 5.74) is -0.890. The van der Waals surface area contributed by atoms with E-state index in [4.69, 9.17) is 0 Å². The first kappa shape index (κ1) is 14.3. The summed E-state index contributed by atoms with van der Waals surface area (Å²) >= 11 is 0. The molecule has 106 valence electrons. The molecule has 0 aliphatic heterocycles. The molecule has 1 aromatic carbocycles. The fraction of sp³-hybridized carbons (Fsp3) is 0.500. The molecule has 1 aromatic rings. The average Bonchev–Trinajstić information content (AvgIpc) is 2.75. The molecule has 0 aromatic heterocycles. The van der Waals surface area contributed by atoms with E-state index >= 15 is 0 Å². The van der Waals surface area contributed by atoms with Gasteiger partial charge in [0.25, 0.3) is 0 Å². The van der Waals surface area contributed by atoms with E-state index in [9.17, 15) is 26.7 Å². The van der Waals surface area contributed by atoms with Crippen LogP contribution in [-0.2, 0) is 16.0 Å². The first-order valence-electron chi connectivity index (χ1n) is 5.82. The molecule has 1 aliphatic rings. The van der Waals surface area contributed by atoms with Crippen molar-refractivity contribution >= 4 is 9.84 Å². The highest BCUT2D eigenvalue weighted by Gasteiger charge is 2.38. The van der Waals surface area contributed by atoms with Gasteiger partial charge in [0.05, 0.1) is 21.8 Å². The normalized spacial score (nSPS) is 24.6. The second-order valence-corrected chi connectivity index (χ2v) is 6.77. The number of sulfone groups is 1. The Morgan fingerprint density at radius 3 is 2.11 bits per heavy atom. The van der Waals surface area contributed by atoms with Gasteiger partial charge in [-0.05, 0) is 43.5 Å². The predicted octanol–water partition coefficient (Wildman–Crippen LogP) is 2.39. The number of halogens is 3. The molecule has 0 saturated heterocycles. The summed E-state index contributed by atoms with van der Waals surface area (Å²) in [7, 11) is -3.77. The van der Waals surface area contributed by atoms with Gasteiger partial charge in [0.15, 0.2) is 9.84 Å². The molecule has 0 amide bonds. The van der Waals surface area contributed by atoms with Crippen molar-refractivity contribution in [2.45, 2.75) is 41.7 Å². The van der Waals surface area contributed by atoms with Crippen LogP contribution in [0.5, 0.6) is 0 Å². The molecule has 19 heavy (non-hydrogen) atoms. The van der Waals surface area contributed by atoms with Crippen LogP contribution in [0.1, 0.15) is 24.8 Å². The third-order valence-corrected chi connectivity index (χ3v) is 5.60. The Labute approximate surface area is 109 Å². The first-order chi connectivity index (χ1) is 8.73. The Morgan fingerprint density at radius 2 is 1.68 bits per heavy atom. The van der Waals surface area contributed by atoms with Gasteiger partial charge in [-0.15, -0.1) is 0 Å². The third kappa shape index (κ3) is 2.76.